The number of aromatic nitrogens is 4. The molecule has 1 amide bonds. The number of hydrogen-bond acceptors (Lipinski definition) is 10. The highest BCUT2D eigenvalue weighted by Gasteiger charge is 2.44. The van der Waals surface area contributed by atoms with Crippen molar-refractivity contribution < 1.29 is 24.5 Å². The topological polar surface area (TPSA) is 158 Å². The molecule has 2 aromatic heterocycles. The van der Waals surface area contributed by atoms with Gasteiger partial charge in [-0.05, 0) is 19.1 Å². The normalized spacial score (nSPS) is 24.5. The highest BCUT2D eigenvalue weighted by molar-refractivity contribution is 7.99. The van der Waals surface area contributed by atoms with Gasteiger partial charge in [0.15, 0.2) is 17.7 Å². The van der Waals surface area contributed by atoms with Crippen molar-refractivity contribution in [1.82, 2.24) is 24.8 Å². The quantitative estimate of drug-likeness (QED) is 0.431. The van der Waals surface area contributed by atoms with Crippen LogP contribution in [0.15, 0.2) is 12.7 Å². The number of amides is 1. The first kappa shape index (κ1) is 20.6. The Hall–Kier alpha value is -2.15. The Kier molecular flexibility index (Phi) is 6.88. The summed E-state index contributed by atoms with van der Waals surface area (Å²) >= 11 is 1.57. The zero-order valence-electron chi connectivity index (χ0n) is 15.4. The van der Waals surface area contributed by atoms with Gasteiger partial charge in [0, 0.05) is 12.3 Å². The number of nitrogens with zero attached hydrogens (tertiary/aromatic N) is 4. The van der Waals surface area contributed by atoms with Gasteiger partial charge in [0.05, 0.1) is 19.0 Å². The average molecular weight is 412 g/mol. The number of hydrogen-bond donors (Lipinski definition) is 4. The van der Waals surface area contributed by atoms with Crippen LogP contribution in [-0.4, -0.2) is 78.8 Å². The number of ether oxygens (including phenoxy) is 2. The van der Waals surface area contributed by atoms with Crippen molar-refractivity contribution in [2.45, 2.75) is 37.9 Å². The number of fused-ring (bicyclic) bond motifs is 1. The maximum absolute atomic E-state index is 11.2. The molecule has 12 heteroatoms. The number of nitrogens with one attached hydrogen (secondary N) is 1. The molecule has 0 bridgehead atoms. The van der Waals surface area contributed by atoms with Crippen molar-refractivity contribution in [2.24, 2.45) is 0 Å². The molecule has 4 atom stereocenters. The van der Waals surface area contributed by atoms with Crippen LogP contribution in [-0.2, 0) is 9.47 Å². The van der Waals surface area contributed by atoms with Gasteiger partial charge in [-0.15, -0.1) is 0 Å². The van der Waals surface area contributed by atoms with Gasteiger partial charge in [-0.3, -0.25) is 4.57 Å². The van der Waals surface area contributed by atoms with Crippen LogP contribution in [0.1, 0.15) is 19.6 Å². The summed E-state index contributed by atoms with van der Waals surface area (Å²) in [6.45, 7) is 2.59. The third-order valence-electron chi connectivity index (χ3n) is 4.29. The largest absolute Gasteiger partial charge is 0.450 e. The van der Waals surface area contributed by atoms with E-state index in [0.717, 1.165) is 12.2 Å². The number of aliphatic hydroxyl groups is 2. The summed E-state index contributed by atoms with van der Waals surface area (Å²) in [5, 5.41) is 23.4. The van der Waals surface area contributed by atoms with E-state index in [-0.39, 0.29) is 5.82 Å². The third kappa shape index (κ3) is 4.46. The highest BCUT2D eigenvalue weighted by Crippen LogP contribution is 2.33. The summed E-state index contributed by atoms with van der Waals surface area (Å²) in [5.74, 6) is 1.50. The molecule has 11 nitrogen and oxygen atoms in total. The van der Waals surface area contributed by atoms with Crippen LogP contribution < -0.4 is 11.1 Å². The van der Waals surface area contributed by atoms with Crippen LogP contribution in [0.5, 0.6) is 0 Å². The van der Waals surface area contributed by atoms with E-state index in [1.54, 1.807) is 23.3 Å². The molecule has 1 fully saturated rings. The van der Waals surface area contributed by atoms with Crippen molar-refractivity contribution in [3.05, 3.63) is 12.7 Å². The lowest BCUT2D eigenvalue weighted by Gasteiger charge is -2.16. The van der Waals surface area contributed by atoms with E-state index in [1.807, 2.05) is 0 Å². The van der Waals surface area contributed by atoms with Gasteiger partial charge in [0.1, 0.15) is 24.1 Å². The second-order valence-corrected chi connectivity index (χ2v) is 7.35. The Labute approximate surface area is 165 Å². The first-order valence-corrected chi connectivity index (χ1v) is 10.1. The molecule has 154 valence electrons. The zero-order chi connectivity index (χ0) is 20.1. The van der Waals surface area contributed by atoms with E-state index in [2.05, 4.69) is 20.3 Å². The third-order valence-corrected chi connectivity index (χ3v) is 5.43. The standard InChI is InChI=1S/C16H24N6O5S/c1-2-26-16(25)18-4-3-5-28-6-9-11(23)12(24)15(27-9)22-8-21-10-13(17)19-7-20-14(10)22/h7-9,11-12,15,23-24H,2-6H2,1H3,(H,18,25)(H2,17,19,20)/t9-,11-,12-,15-/m1/s1. The molecule has 1 saturated heterocycles. The van der Waals surface area contributed by atoms with E-state index in [9.17, 15) is 15.0 Å². The number of rotatable bonds is 8. The van der Waals surface area contributed by atoms with E-state index < -0.39 is 30.6 Å². The first-order valence-electron chi connectivity index (χ1n) is 8.96. The summed E-state index contributed by atoms with van der Waals surface area (Å²) in [5.41, 5.74) is 6.63. The van der Waals surface area contributed by atoms with Crippen molar-refractivity contribution >= 4 is 34.8 Å². The molecule has 0 radical (unpaired) electrons. The second kappa shape index (κ2) is 9.37. The summed E-state index contributed by atoms with van der Waals surface area (Å²) in [4.78, 5) is 23.4. The van der Waals surface area contributed by atoms with Gasteiger partial charge in [-0.25, -0.2) is 19.7 Å². The van der Waals surface area contributed by atoms with E-state index in [0.29, 0.717) is 30.1 Å². The van der Waals surface area contributed by atoms with Gasteiger partial charge in [-0.2, -0.15) is 11.8 Å². The molecule has 5 N–H and O–H groups in total. The lowest BCUT2D eigenvalue weighted by molar-refractivity contribution is -0.0289. The number of nitrogens with two attached hydrogens (primary N) is 1. The molecule has 0 saturated carbocycles. The summed E-state index contributed by atoms with van der Waals surface area (Å²) in [7, 11) is 0. The Morgan fingerprint density at radius 2 is 2.21 bits per heavy atom. The number of carbonyl (C=O) groups is 1. The minimum Gasteiger partial charge on any atom is -0.450 e. The second-order valence-electron chi connectivity index (χ2n) is 6.20. The molecule has 28 heavy (non-hydrogen) atoms. The Bertz CT molecular complexity index is 805. The Morgan fingerprint density at radius 3 is 3.00 bits per heavy atom. The molecular formula is C16H24N6O5S. The van der Waals surface area contributed by atoms with E-state index in [4.69, 9.17) is 15.2 Å². The highest BCUT2D eigenvalue weighted by atomic mass is 32.2. The molecule has 1 aliphatic rings. The molecule has 0 aromatic carbocycles. The lowest BCUT2D eigenvalue weighted by Crippen LogP contribution is -2.32. The van der Waals surface area contributed by atoms with Crippen molar-refractivity contribution in [2.75, 3.05) is 30.4 Å². The van der Waals surface area contributed by atoms with E-state index in [1.165, 1.54) is 12.7 Å². The molecule has 0 spiro atoms. The summed E-state index contributed by atoms with van der Waals surface area (Å²) in [6, 6.07) is 0. The summed E-state index contributed by atoms with van der Waals surface area (Å²) in [6.07, 6.45) is -0.412. The maximum Gasteiger partial charge on any atom is 0.407 e. The average Bonchev–Trinajstić information content (AvgIpc) is 3.22. The van der Waals surface area contributed by atoms with Crippen molar-refractivity contribution in [3.63, 3.8) is 0 Å². The fourth-order valence-electron chi connectivity index (χ4n) is 2.90. The smallest absolute Gasteiger partial charge is 0.407 e. The van der Waals surface area contributed by atoms with Crippen LogP contribution in [0, 0.1) is 0 Å². The van der Waals surface area contributed by atoms with Gasteiger partial charge >= 0.3 is 6.09 Å². The van der Waals surface area contributed by atoms with Crippen LogP contribution in [0.4, 0.5) is 10.6 Å². The predicted molar refractivity (Wildman–Crippen MR) is 103 cm³/mol. The van der Waals surface area contributed by atoms with Gasteiger partial charge in [0.25, 0.3) is 0 Å². The minimum atomic E-state index is -1.12. The van der Waals surface area contributed by atoms with Crippen molar-refractivity contribution in [1.29, 1.82) is 0 Å². The molecule has 0 aliphatic carbocycles. The zero-order valence-corrected chi connectivity index (χ0v) is 16.2. The molecular weight excluding hydrogens is 388 g/mol. The number of carbonyl (C=O) groups excluding carboxylic acids is 1. The van der Waals surface area contributed by atoms with Crippen LogP contribution in [0.3, 0.4) is 0 Å². The van der Waals surface area contributed by atoms with Crippen LogP contribution >= 0.6 is 11.8 Å². The molecule has 0 unspecified atom stereocenters. The summed E-state index contributed by atoms with van der Waals surface area (Å²) < 4.78 is 12.2. The number of imidazole rings is 1. The number of anilines is 1. The number of alkyl carbamates (subject to hydrolysis) is 1. The monoisotopic (exact) mass is 412 g/mol. The fraction of sp³-hybridized carbons (Fsp3) is 0.625. The van der Waals surface area contributed by atoms with Gasteiger partial charge in [-0.1, -0.05) is 0 Å². The van der Waals surface area contributed by atoms with Crippen LogP contribution in [0.2, 0.25) is 0 Å². The lowest BCUT2D eigenvalue weighted by atomic mass is 10.1. The molecule has 3 rings (SSSR count). The number of nitrogen functional groups attached to an aromatic ring is 1. The maximum atomic E-state index is 11.2. The molecule has 1 aliphatic heterocycles. The number of aliphatic hydroxyl groups excluding tert-OH is 2. The van der Waals surface area contributed by atoms with Crippen molar-refractivity contribution in [3.8, 4) is 0 Å². The van der Waals surface area contributed by atoms with Gasteiger partial charge in [0.2, 0.25) is 0 Å². The van der Waals surface area contributed by atoms with E-state index >= 15 is 0 Å². The predicted octanol–water partition coefficient (Wildman–Crippen LogP) is -0.103. The minimum absolute atomic E-state index is 0.236. The van der Waals surface area contributed by atoms with Gasteiger partial charge < -0.3 is 30.7 Å². The first-order chi connectivity index (χ1) is 13.5. The Morgan fingerprint density at radius 1 is 1.39 bits per heavy atom. The number of thioether (sulfide) groups is 1. The van der Waals surface area contributed by atoms with Crippen LogP contribution in [0.25, 0.3) is 11.2 Å². The SMILES string of the molecule is CCOC(=O)NCCCSC[C@H]1O[C@@H](n2cnc3c(N)ncnc32)[C@H](O)[C@@H]1O. The fourth-order valence-corrected chi connectivity index (χ4v) is 3.92. The Balaban J connectivity index is 1.50. The molecule has 3 heterocycles. The molecule has 2 aromatic rings.